The number of guanidine groups is 4. The van der Waals surface area contributed by atoms with E-state index in [4.69, 9.17) is 27.9 Å². The average molecular weight is 539 g/mol. The van der Waals surface area contributed by atoms with Crippen LogP contribution in [0.1, 0.15) is 118 Å². The van der Waals surface area contributed by atoms with Crippen LogP contribution in [0.3, 0.4) is 0 Å². The molecule has 0 aromatic heterocycles. The van der Waals surface area contributed by atoms with Crippen molar-refractivity contribution in [3.8, 4) is 0 Å². The largest absolute Gasteiger partial charge is 0.369 e. The number of hydrazone groups is 2. The third kappa shape index (κ3) is 21.2. The van der Waals surface area contributed by atoms with Crippen LogP contribution in [-0.2, 0) is 0 Å². The van der Waals surface area contributed by atoms with E-state index in [-0.39, 0.29) is 18.0 Å². The molecule has 0 saturated carbocycles. The summed E-state index contributed by atoms with van der Waals surface area (Å²) in [5.74, 6) is 1.21. The summed E-state index contributed by atoms with van der Waals surface area (Å²) in [5.41, 5.74) is 27.7. The Bertz CT molecular complexity index is 682. The zero-order valence-electron chi connectivity index (χ0n) is 24.6. The fourth-order valence-corrected chi connectivity index (χ4v) is 3.84. The SMILES string of the molecule is CCCCCC(CC)N=C(NCCCCCCN=C(NN=C(N)N)NC(CC)CCCCC)NN=C(N)N. The number of hydrogen-bond donors (Lipinski definition) is 8. The first-order chi connectivity index (χ1) is 18.4. The molecule has 0 bridgehead atoms. The quantitative estimate of drug-likeness (QED) is 0.0471. The van der Waals surface area contributed by atoms with E-state index in [9.17, 15) is 0 Å². The first-order valence-electron chi connectivity index (χ1n) is 14.7. The molecule has 0 saturated heterocycles. The number of hydrogen-bond acceptors (Lipinski definition) is 4. The maximum atomic E-state index is 5.49. The zero-order valence-corrected chi connectivity index (χ0v) is 24.6. The Morgan fingerprint density at radius 1 is 0.658 bits per heavy atom. The topological polar surface area (TPSA) is 202 Å². The van der Waals surface area contributed by atoms with Gasteiger partial charge in [0.15, 0.2) is 0 Å². The highest BCUT2D eigenvalue weighted by Crippen LogP contribution is 2.10. The van der Waals surface area contributed by atoms with Gasteiger partial charge in [-0.15, -0.1) is 10.2 Å². The van der Waals surface area contributed by atoms with Crippen molar-refractivity contribution in [3.05, 3.63) is 0 Å². The fourth-order valence-electron chi connectivity index (χ4n) is 3.84. The number of aliphatic imine (C=N–C) groups is 2. The summed E-state index contributed by atoms with van der Waals surface area (Å²) in [4.78, 5) is 9.47. The van der Waals surface area contributed by atoms with Crippen LogP contribution in [0.25, 0.3) is 0 Å². The molecular weight excluding hydrogens is 480 g/mol. The van der Waals surface area contributed by atoms with Gasteiger partial charge in [0.2, 0.25) is 23.8 Å². The van der Waals surface area contributed by atoms with E-state index in [2.05, 4.69) is 64.4 Å². The van der Waals surface area contributed by atoms with Gasteiger partial charge in [0.25, 0.3) is 0 Å². The standard InChI is InChI=1S/C26H58N12/c1-5-9-13-17-21(7-3)33-25(37-35-23(27)28)31-19-15-11-12-16-20-32-26(38-36-24(29)30)34-22(8-4)18-14-10-6-2/h21-22H,5-20H2,1-4H3,(H4,27,28,35)(H4,29,30,36)(H2,31,33,37)(H2,32,34,38). The van der Waals surface area contributed by atoms with Crippen LogP contribution in [0.15, 0.2) is 20.2 Å². The van der Waals surface area contributed by atoms with Crippen molar-refractivity contribution in [3.63, 3.8) is 0 Å². The lowest BCUT2D eigenvalue weighted by Crippen LogP contribution is -2.42. The Morgan fingerprint density at radius 2 is 1.26 bits per heavy atom. The van der Waals surface area contributed by atoms with Gasteiger partial charge in [0.1, 0.15) is 0 Å². The van der Waals surface area contributed by atoms with E-state index >= 15 is 0 Å². The molecule has 12 nitrogen and oxygen atoms in total. The summed E-state index contributed by atoms with van der Waals surface area (Å²) >= 11 is 0. The summed E-state index contributed by atoms with van der Waals surface area (Å²) in [5, 5.41) is 14.6. The molecule has 0 fully saturated rings. The Labute approximate surface area is 231 Å². The molecule has 0 aromatic rings. The highest BCUT2D eigenvalue weighted by Gasteiger charge is 2.09. The minimum Gasteiger partial charge on any atom is -0.369 e. The van der Waals surface area contributed by atoms with E-state index in [0.717, 1.165) is 57.9 Å². The third-order valence-corrected chi connectivity index (χ3v) is 6.14. The highest BCUT2D eigenvalue weighted by molar-refractivity contribution is 5.83. The second-order valence-corrected chi connectivity index (χ2v) is 9.65. The number of rotatable bonds is 21. The number of nitrogens with zero attached hydrogens (tertiary/aromatic N) is 4. The van der Waals surface area contributed by atoms with Gasteiger partial charge in [0.05, 0.1) is 6.04 Å². The van der Waals surface area contributed by atoms with Gasteiger partial charge in [-0.05, 0) is 38.5 Å². The number of nitrogens with two attached hydrogens (primary N) is 4. The minimum absolute atomic E-state index is 0.0190. The van der Waals surface area contributed by atoms with E-state index in [1.807, 2.05) is 0 Å². The Hall–Kier alpha value is -2.92. The molecule has 12 heteroatoms. The van der Waals surface area contributed by atoms with Crippen LogP contribution in [-0.4, -0.2) is 49.0 Å². The Morgan fingerprint density at radius 3 is 1.84 bits per heavy atom. The smallest absolute Gasteiger partial charge is 0.212 e. The molecular formula is C26H58N12. The molecule has 0 rings (SSSR count). The van der Waals surface area contributed by atoms with Crippen molar-refractivity contribution >= 4 is 23.8 Å². The highest BCUT2D eigenvalue weighted by atomic mass is 15.4. The maximum Gasteiger partial charge on any atom is 0.212 e. The molecule has 0 radical (unpaired) electrons. The van der Waals surface area contributed by atoms with Crippen molar-refractivity contribution in [1.82, 2.24) is 21.5 Å². The Kier molecular flexibility index (Phi) is 22.5. The van der Waals surface area contributed by atoms with Crippen LogP contribution in [0.4, 0.5) is 0 Å². The third-order valence-electron chi connectivity index (χ3n) is 6.14. The van der Waals surface area contributed by atoms with Gasteiger partial charge in [-0.2, -0.15) is 0 Å². The van der Waals surface area contributed by atoms with Crippen molar-refractivity contribution in [2.75, 3.05) is 13.1 Å². The van der Waals surface area contributed by atoms with Crippen LogP contribution in [0.5, 0.6) is 0 Å². The monoisotopic (exact) mass is 538 g/mol. The normalized spacial score (nSPS) is 13.4. The van der Waals surface area contributed by atoms with Crippen LogP contribution in [0, 0.1) is 0 Å². The van der Waals surface area contributed by atoms with Crippen molar-refractivity contribution in [2.45, 2.75) is 130 Å². The predicted octanol–water partition coefficient (Wildman–Crippen LogP) is 2.71. The van der Waals surface area contributed by atoms with E-state index in [0.29, 0.717) is 24.5 Å². The van der Waals surface area contributed by atoms with Gasteiger partial charge in [0, 0.05) is 19.1 Å². The maximum absolute atomic E-state index is 5.49. The molecule has 2 atom stereocenters. The van der Waals surface area contributed by atoms with Gasteiger partial charge in [-0.25, -0.2) is 15.8 Å². The molecule has 222 valence electrons. The first-order valence-corrected chi connectivity index (χ1v) is 14.7. The lowest BCUT2D eigenvalue weighted by atomic mass is 10.1. The molecule has 0 aliphatic heterocycles. The predicted molar refractivity (Wildman–Crippen MR) is 164 cm³/mol. The molecule has 0 aromatic carbocycles. The summed E-state index contributed by atoms with van der Waals surface area (Å²) in [6.07, 6.45) is 15.5. The molecule has 0 spiro atoms. The molecule has 0 aliphatic rings. The summed E-state index contributed by atoms with van der Waals surface area (Å²) in [6.45, 7) is 10.2. The minimum atomic E-state index is -0.0199. The lowest BCUT2D eigenvalue weighted by molar-refractivity contribution is 0.502. The zero-order chi connectivity index (χ0) is 28.4. The number of nitrogens with one attached hydrogen (secondary N) is 4. The van der Waals surface area contributed by atoms with Gasteiger partial charge < -0.3 is 33.6 Å². The molecule has 38 heavy (non-hydrogen) atoms. The van der Waals surface area contributed by atoms with E-state index < -0.39 is 0 Å². The molecule has 12 N–H and O–H groups in total. The van der Waals surface area contributed by atoms with Gasteiger partial charge in [-0.3, -0.25) is 4.99 Å². The summed E-state index contributed by atoms with van der Waals surface area (Å²) in [7, 11) is 0. The van der Waals surface area contributed by atoms with Gasteiger partial charge >= 0.3 is 0 Å². The molecule has 0 amide bonds. The summed E-state index contributed by atoms with van der Waals surface area (Å²) in [6, 6.07) is 0.591. The second kappa shape index (κ2) is 24.4. The van der Waals surface area contributed by atoms with E-state index in [1.165, 1.54) is 38.5 Å². The molecule has 0 aliphatic carbocycles. The number of unbranched alkanes of at least 4 members (excludes halogenated alkanes) is 7. The Balaban J connectivity index is 4.62. The van der Waals surface area contributed by atoms with Crippen LogP contribution in [0.2, 0.25) is 0 Å². The van der Waals surface area contributed by atoms with Crippen molar-refractivity contribution < 1.29 is 0 Å². The molecule has 0 heterocycles. The molecule has 2 unspecified atom stereocenters. The van der Waals surface area contributed by atoms with E-state index in [1.54, 1.807) is 0 Å². The first kappa shape index (κ1) is 35.1. The lowest BCUT2D eigenvalue weighted by Gasteiger charge is -2.19. The van der Waals surface area contributed by atoms with Crippen LogP contribution >= 0.6 is 0 Å². The van der Waals surface area contributed by atoms with Gasteiger partial charge in [-0.1, -0.05) is 79.1 Å². The fraction of sp³-hybridized carbons (Fsp3) is 0.846. The second-order valence-electron chi connectivity index (χ2n) is 9.65. The summed E-state index contributed by atoms with van der Waals surface area (Å²) < 4.78 is 0. The van der Waals surface area contributed by atoms with Crippen molar-refractivity contribution in [2.24, 2.45) is 43.1 Å². The average Bonchev–Trinajstić information content (AvgIpc) is 2.89. The van der Waals surface area contributed by atoms with Crippen LogP contribution < -0.4 is 44.4 Å². The van der Waals surface area contributed by atoms with Crippen molar-refractivity contribution in [1.29, 1.82) is 0 Å².